The molecule has 0 amide bonds. The first kappa shape index (κ1) is 14.2. The van der Waals surface area contributed by atoms with E-state index in [0.717, 1.165) is 17.4 Å². The summed E-state index contributed by atoms with van der Waals surface area (Å²) in [7, 11) is 0. The van der Waals surface area contributed by atoms with Gasteiger partial charge in [-0.25, -0.2) is 0 Å². The molecule has 0 radical (unpaired) electrons. The molecule has 2 aromatic rings. The van der Waals surface area contributed by atoms with E-state index in [9.17, 15) is 0 Å². The van der Waals surface area contributed by atoms with Crippen molar-refractivity contribution in [1.29, 1.82) is 0 Å². The van der Waals surface area contributed by atoms with Gasteiger partial charge in [0.25, 0.3) is 0 Å². The molecular formula is C20H26N2. The largest absolute Gasteiger partial charge is 0.299 e. The molecule has 4 heterocycles. The number of rotatable bonds is 2. The third-order valence-electron chi connectivity index (χ3n) is 6.13. The fourth-order valence-electron chi connectivity index (χ4n) is 4.74. The summed E-state index contributed by atoms with van der Waals surface area (Å²) < 4.78 is 0. The summed E-state index contributed by atoms with van der Waals surface area (Å²) in [6, 6.07) is 9.60. The highest BCUT2D eigenvalue weighted by Gasteiger charge is 2.40. The second-order valence-corrected chi connectivity index (χ2v) is 7.53. The summed E-state index contributed by atoms with van der Waals surface area (Å²) >= 11 is 0. The van der Waals surface area contributed by atoms with Crippen LogP contribution in [0.2, 0.25) is 0 Å². The average molecular weight is 294 g/mol. The van der Waals surface area contributed by atoms with Gasteiger partial charge < -0.3 is 0 Å². The minimum Gasteiger partial charge on any atom is -0.299 e. The van der Waals surface area contributed by atoms with Crippen LogP contribution in [0.1, 0.15) is 43.7 Å². The number of hydrogen-bond acceptors (Lipinski definition) is 2. The van der Waals surface area contributed by atoms with Crippen molar-refractivity contribution in [2.24, 2.45) is 11.8 Å². The molecule has 3 saturated heterocycles. The molecule has 5 unspecified atom stereocenters. The molecular weight excluding hydrogens is 268 g/mol. The fourth-order valence-corrected chi connectivity index (χ4v) is 4.74. The van der Waals surface area contributed by atoms with Gasteiger partial charge in [0.2, 0.25) is 0 Å². The first-order valence-corrected chi connectivity index (χ1v) is 8.73. The zero-order valence-corrected chi connectivity index (χ0v) is 13.9. The van der Waals surface area contributed by atoms with E-state index in [4.69, 9.17) is 0 Å². The second-order valence-electron chi connectivity index (χ2n) is 7.53. The predicted octanol–water partition coefficient (Wildman–Crippen LogP) is 4.38. The van der Waals surface area contributed by atoms with E-state index in [-0.39, 0.29) is 0 Å². The van der Waals surface area contributed by atoms with Crippen LogP contribution in [0.5, 0.6) is 0 Å². The Hall–Kier alpha value is -1.41. The standard InChI is InChI=1S/C20H26N2/c1-13-4-5-19-18(10-13)17(6-8-21-19)15(3)20-11-16-7-9-22(20)12-14(16)2/h4-6,8,10,14-16,20H,7,9,11-12H2,1-3H3. The molecule has 2 bridgehead atoms. The molecule has 3 aliphatic heterocycles. The molecule has 0 spiro atoms. The van der Waals surface area contributed by atoms with Crippen molar-refractivity contribution in [1.82, 2.24) is 9.88 Å². The summed E-state index contributed by atoms with van der Waals surface area (Å²) in [6.45, 7) is 9.62. The summed E-state index contributed by atoms with van der Waals surface area (Å²) in [5.41, 5.74) is 3.95. The van der Waals surface area contributed by atoms with Gasteiger partial charge in [-0.1, -0.05) is 25.5 Å². The van der Waals surface area contributed by atoms with E-state index < -0.39 is 0 Å². The molecule has 2 nitrogen and oxygen atoms in total. The predicted molar refractivity (Wildman–Crippen MR) is 92.1 cm³/mol. The summed E-state index contributed by atoms with van der Waals surface area (Å²) in [5, 5.41) is 1.35. The Morgan fingerprint density at radius 2 is 2.14 bits per heavy atom. The van der Waals surface area contributed by atoms with Crippen LogP contribution in [-0.4, -0.2) is 29.0 Å². The third kappa shape index (κ3) is 2.25. The van der Waals surface area contributed by atoms with Gasteiger partial charge in [0.05, 0.1) is 5.52 Å². The van der Waals surface area contributed by atoms with Crippen LogP contribution in [0.15, 0.2) is 30.5 Å². The Morgan fingerprint density at radius 1 is 1.27 bits per heavy atom. The van der Waals surface area contributed by atoms with Gasteiger partial charge in [0.15, 0.2) is 0 Å². The minimum atomic E-state index is 0.586. The smallest absolute Gasteiger partial charge is 0.0705 e. The van der Waals surface area contributed by atoms with Gasteiger partial charge in [-0.15, -0.1) is 0 Å². The number of hydrogen-bond donors (Lipinski definition) is 0. The zero-order valence-electron chi connectivity index (χ0n) is 13.9. The SMILES string of the molecule is Cc1ccc2nccc(C(C)C3CC4CCN3CC4C)c2c1. The summed E-state index contributed by atoms with van der Waals surface area (Å²) in [5.74, 6) is 2.41. The van der Waals surface area contributed by atoms with Crippen molar-refractivity contribution in [2.45, 2.75) is 45.6 Å². The van der Waals surface area contributed by atoms with Crippen molar-refractivity contribution in [3.8, 4) is 0 Å². The van der Waals surface area contributed by atoms with Crippen molar-refractivity contribution in [3.05, 3.63) is 41.6 Å². The lowest BCUT2D eigenvalue weighted by Gasteiger charge is -2.51. The third-order valence-corrected chi connectivity index (χ3v) is 6.13. The van der Waals surface area contributed by atoms with Crippen LogP contribution >= 0.6 is 0 Å². The van der Waals surface area contributed by atoms with Crippen molar-refractivity contribution >= 4 is 10.9 Å². The topological polar surface area (TPSA) is 16.1 Å². The molecule has 0 aliphatic carbocycles. The van der Waals surface area contributed by atoms with Crippen LogP contribution in [0.4, 0.5) is 0 Å². The summed E-state index contributed by atoms with van der Waals surface area (Å²) in [4.78, 5) is 7.30. The number of aromatic nitrogens is 1. The van der Waals surface area contributed by atoms with Gasteiger partial charge in [0, 0.05) is 24.2 Å². The first-order chi connectivity index (χ1) is 10.6. The van der Waals surface area contributed by atoms with Crippen LogP contribution < -0.4 is 0 Å². The van der Waals surface area contributed by atoms with Crippen LogP contribution in [0.25, 0.3) is 10.9 Å². The van der Waals surface area contributed by atoms with Crippen LogP contribution in [-0.2, 0) is 0 Å². The quantitative estimate of drug-likeness (QED) is 0.817. The molecule has 2 heteroatoms. The Morgan fingerprint density at radius 3 is 2.86 bits per heavy atom. The van der Waals surface area contributed by atoms with Crippen molar-refractivity contribution in [2.75, 3.05) is 13.1 Å². The number of aryl methyl sites for hydroxylation is 1. The minimum absolute atomic E-state index is 0.586. The second kappa shape index (κ2) is 5.34. The Kier molecular flexibility index (Phi) is 3.45. The van der Waals surface area contributed by atoms with E-state index >= 15 is 0 Å². The molecule has 3 fully saturated rings. The Labute approximate surface area is 133 Å². The maximum Gasteiger partial charge on any atom is 0.0705 e. The molecule has 0 saturated carbocycles. The zero-order chi connectivity index (χ0) is 15.3. The first-order valence-electron chi connectivity index (χ1n) is 8.73. The monoisotopic (exact) mass is 294 g/mol. The summed E-state index contributed by atoms with van der Waals surface area (Å²) in [6.07, 6.45) is 4.76. The molecule has 5 rings (SSSR count). The van der Waals surface area contributed by atoms with E-state index in [0.29, 0.717) is 12.0 Å². The lowest BCUT2D eigenvalue weighted by atomic mass is 9.72. The molecule has 3 aliphatic rings. The molecule has 1 aromatic heterocycles. The van der Waals surface area contributed by atoms with E-state index in [1.807, 2.05) is 6.20 Å². The van der Waals surface area contributed by atoms with Gasteiger partial charge in [0.1, 0.15) is 0 Å². The Bertz CT molecular complexity index is 693. The molecule has 1 aromatic carbocycles. The molecule has 116 valence electrons. The number of fused-ring (bicyclic) bond motifs is 4. The van der Waals surface area contributed by atoms with Crippen LogP contribution in [0, 0.1) is 18.8 Å². The highest BCUT2D eigenvalue weighted by atomic mass is 15.2. The number of piperidine rings is 3. The van der Waals surface area contributed by atoms with E-state index in [2.05, 4.69) is 54.9 Å². The van der Waals surface area contributed by atoms with E-state index in [1.54, 1.807) is 0 Å². The molecule has 0 N–H and O–H groups in total. The lowest BCUT2D eigenvalue weighted by Crippen LogP contribution is -2.54. The van der Waals surface area contributed by atoms with E-state index in [1.165, 1.54) is 42.4 Å². The number of pyridine rings is 1. The average Bonchev–Trinajstić information content (AvgIpc) is 2.54. The maximum absolute atomic E-state index is 4.56. The number of nitrogens with zero attached hydrogens (tertiary/aromatic N) is 2. The number of benzene rings is 1. The lowest BCUT2D eigenvalue weighted by molar-refractivity contribution is -0.000890. The maximum atomic E-state index is 4.56. The fraction of sp³-hybridized carbons (Fsp3) is 0.550. The molecule has 22 heavy (non-hydrogen) atoms. The normalized spacial score (nSPS) is 32.3. The Balaban J connectivity index is 1.71. The van der Waals surface area contributed by atoms with Gasteiger partial charge in [-0.2, -0.15) is 0 Å². The van der Waals surface area contributed by atoms with Crippen LogP contribution in [0.3, 0.4) is 0 Å². The molecule has 5 atom stereocenters. The van der Waals surface area contributed by atoms with Gasteiger partial charge >= 0.3 is 0 Å². The highest BCUT2D eigenvalue weighted by molar-refractivity contribution is 5.83. The van der Waals surface area contributed by atoms with Crippen molar-refractivity contribution < 1.29 is 0 Å². The highest BCUT2D eigenvalue weighted by Crippen LogP contribution is 2.42. The van der Waals surface area contributed by atoms with Crippen molar-refractivity contribution in [3.63, 3.8) is 0 Å². The van der Waals surface area contributed by atoms with Gasteiger partial charge in [-0.3, -0.25) is 9.88 Å². The van der Waals surface area contributed by atoms with Gasteiger partial charge in [-0.05, 0) is 67.8 Å².